The van der Waals surface area contributed by atoms with Gasteiger partial charge < -0.3 is 10.1 Å². The summed E-state index contributed by atoms with van der Waals surface area (Å²) in [6, 6.07) is 13.6. The van der Waals surface area contributed by atoms with Crippen LogP contribution < -0.4 is 10.1 Å². The smallest absolute Gasteiger partial charge is 0.119 e. The molecular weight excluding hydrogens is 293 g/mol. The summed E-state index contributed by atoms with van der Waals surface area (Å²) in [6.07, 6.45) is 1.00. The lowest BCUT2D eigenvalue weighted by Crippen LogP contribution is -2.01. The minimum atomic E-state index is 0.549. The highest BCUT2D eigenvalue weighted by Crippen LogP contribution is 2.29. The van der Waals surface area contributed by atoms with Gasteiger partial charge in [-0.05, 0) is 36.2 Å². The number of rotatable bonds is 6. The van der Waals surface area contributed by atoms with Gasteiger partial charge in [0, 0.05) is 6.54 Å². The predicted molar refractivity (Wildman–Crippen MR) is 86.0 cm³/mol. The summed E-state index contributed by atoms with van der Waals surface area (Å²) in [7, 11) is 0. The molecule has 0 spiro atoms. The van der Waals surface area contributed by atoms with Crippen molar-refractivity contribution in [1.82, 2.24) is 0 Å². The van der Waals surface area contributed by atoms with Crippen molar-refractivity contribution >= 4 is 28.9 Å². The molecule has 2 aromatic carbocycles. The fourth-order valence-corrected chi connectivity index (χ4v) is 2.17. The second-order valence-corrected chi connectivity index (χ2v) is 5.24. The molecule has 2 nitrogen and oxygen atoms in total. The SMILES string of the molecule is CCCOc1cccc(CNc2cccc(Cl)c2Cl)c1. The van der Waals surface area contributed by atoms with Crippen molar-refractivity contribution in [3.63, 3.8) is 0 Å². The second kappa shape index (κ2) is 7.41. The highest BCUT2D eigenvalue weighted by atomic mass is 35.5. The van der Waals surface area contributed by atoms with Gasteiger partial charge in [-0.25, -0.2) is 0 Å². The topological polar surface area (TPSA) is 21.3 Å². The highest BCUT2D eigenvalue weighted by Gasteiger charge is 2.04. The molecule has 0 fully saturated rings. The van der Waals surface area contributed by atoms with Crippen LogP contribution in [0.15, 0.2) is 42.5 Å². The molecule has 0 aliphatic carbocycles. The summed E-state index contributed by atoms with van der Waals surface area (Å²) in [5.74, 6) is 0.892. The van der Waals surface area contributed by atoms with Gasteiger partial charge in [0.05, 0.1) is 22.3 Å². The molecule has 0 saturated carbocycles. The molecule has 0 atom stereocenters. The van der Waals surface area contributed by atoms with Crippen LogP contribution in [0.4, 0.5) is 5.69 Å². The molecule has 106 valence electrons. The fourth-order valence-electron chi connectivity index (χ4n) is 1.80. The fraction of sp³-hybridized carbons (Fsp3) is 0.250. The van der Waals surface area contributed by atoms with Crippen molar-refractivity contribution in [2.75, 3.05) is 11.9 Å². The van der Waals surface area contributed by atoms with E-state index < -0.39 is 0 Å². The first-order valence-corrected chi connectivity index (χ1v) is 7.36. The van der Waals surface area contributed by atoms with Crippen molar-refractivity contribution < 1.29 is 4.74 Å². The number of anilines is 1. The Hall–Kier alpha value is -1.38. The third-order valence-corrected chi connectivity index (χ3v) is 3.62. The Morgan fingerprint density at radius 1 is 1.10 bits per heavy atom. The van der Waals surface area contributed by atoms with Gasteiger partial charge in [0.25, 0.3) is 0 Å². The van der Waals surface area contributed by atoms with Crippen molar-refractivity contribution in [3.8, 4) is 5.75 Å². The Balaban J connectivity index is 2.01. The summed E-state index contributed by atoms with van der Waals surface area (Å²) in [6.45, 7) is 3.49. The van der Waals surface area contributed by atoms with Crippen molar-refractivity contribution in [2.45, 2.75) is 19.9 Å². The second-order valence-electron chi connectivity index (χ2n) is 4.45. The molecule has 0 amide bonds. The zero-order valence-corrected chi connectivity index (χ0v) is 12.8. The summed E-state index contributed by atoms with van der Waals surface area (Å²) < 4.78 is 5.62. The average molecular weight is 310 g/mol. The van der Waals surface area contributed by atoms with E-state index in [1.165, 1.54) is 0 Å². The molecule has 4 heteroatoms. The first-order valence-electron chi connectivity index (χ1n) is 6.60. The van der Waals surface area contributed by atoms with Gasteiger partial charge in [0.15, 0.2) is 0 Å². The zero-order chi connectivity index (χ0) is 14.4. The van der Waals surface area contributed by atoms with Crippen molar-refractivity contribution in [3.05, 3.63) is 58.1 Å². The number of hydrogen-bond donors (Lipinski definition) is 1. The molecule has 20 heavy (non-hydrogen) atoms. The van der Waals surface area contributed by atoms with Crippen LogP contribution >= 0.6 is 23.2 Å². The van der Waals surface area contributed by atoms with Gasteiger partial charge in [-0.3, -0.25) is 0 Å². The number of halogens is 2. The van der Waals surface area contributed by atoms with Crippen LogP contribution in [0.5, 0.6) is 5.75 Å². The van der Waals surface area contributed by atoms with Gasteiger partial charge >= 0.3 is 0 Å². The number of nitrogens with one attached hydrogen (secondary N) is 1. The van der Waals surface area contributed by atoms with Crippen LogP contribution in [0, 0.1) is 0 Å². The quantitative estimate of drug-likeness (QED) is 0.772. The van der Waals surface area contributed by atoms with Crippen molar-refractivity contribution in [2.24, 2.45) is 0 Å². The van der Waals surface area contributed by atoms with Gasteiger partial charge in [0.1, 0.15) is 5.75 Å². The predicted octanol–water partition coefficient (Wildman–Crippen LogP) is 5.39. The average Bonchev–Trinajstić information content (AvgIpc) is 2.47. The molecular formula is C16H17Cl2NO. The summed E-state index contributed by atoms with van der Waals surface area (Å²) in [5, 5.41) is 4.38. The van der Waals surface area contributed by atoms with Crippen LogP contribution in [0.2, 0.25) is 10.0 Å². The highest BCUT2D eigenvalue weighted by molar-refractivity contribution is 6.43. The van der Waals surface area contributed by atoms with E-state index in [9.17, 15) is 0 Å². The van der Waals surface area contributed by atoms with Crippen LogP contribution in [0.3, 0.4) is 0 Å². The number of benzene rings is 2. The van der Waals surface area contributed by atoms with E-state index in [2.05, 4.69) is 12.2 Å². The van der Waals surface area contributed by atoms with E-state index in [4.69, 9.17) is 27.9 Å². The minimum Gasteiger partial charge on any atom is -0.494 e. The molecule has 0 aromatic heterocycles. The molecule has 1 N–H and O–H groups in total. The van der Waals surface area contributed by atoms with E-state index in [1.54, 1.807) is 6.07 Å². The van der Waals surface area contributed by atoms with Gasteiger partial charge in [-0.1, -0.05) is 48.3 Å². The van der Waals surface area contributed by atoms with E-state index in [1.807, 2.05) is 36.4 Å². The molecule has 0 aliphatic rings. The zero-order valence-electron chi connectivity index (χ0n) is 11.3. The maximum atomic E-state index is 6.14. The lowest BCUT2D eigenvalue weighted by atomic mass is 10.2. The van der Waals surface area contributed by atoms with Gasteiger partial charge in [-0.15, -0.1) is 0 Å². The Morgan fingerprint density at radius 2 is 1.90 bits per heavy atom. The Bertz CT molecular complexity index is 572. The normalized spacial score (nSPS) is 10.3. The third kappa shape index (κ3) is 4.06. The molecule has 0 radical (unpaired) electrons. The molecule has 0 unspecified atom stereocenters. The van der Waals surface area contributed by atoms with Gasteiger partial charge in [0.2, 0.25) is 0 Å². The maximum absolute atomic E-state index is 6.14. The van der Waals surface area contributed by atoms with Crippen LogP contribution in [-0.2, 0) is 6.54 Å². The lowest BCUT2D eigenvalue weighted by Gasteiger charge is -2.11. The van der Waals surface area contributed by atoms with Crippen LogP contribution in [-0.4, -0.2) is 6.61 Å². The van der Waals surface area contributed by atoms with Gasteiger partial charge in [-0.2, -0.15) is 0 Å². The third-order valence-electron chi connectivity index (χ3n) is 2.81. The summed E-state index contributed by atoms with van der Waals surface area (Å²) in [5.41, 5.74) is 1.97. The molecule has 2 rings (SSSR count). The number of ether oxygens (including phenoxy) is 1. The van der Waals surface area contributed by atoms with Crippen LogP contribution in [0.25, 0.3) is 0 Å². The van der Waals surface area contributed by atoms with E-state index in [-0.39, 0.29) is 0 Å². The molecule has 0 bridgehead atoms. The molecule has 0 saturated heterocycles. The van der Waals surface area contributed by atoms with Crippen molar-refractivity contribution in [1.29, 1.82) is 0 Å². The van der Waals surface area contributed by atoms with E-state index >= 15 is 0 Å². The first kappa shape index (κ1) is 15.0. The van der Waals surface area contributed by atoms with Crippen LogP contribution in [0.1, 0.15) is 18.9 Å². The Morgan fingerprint density at radius 3 is 2.70 bits per heavy atom. The maximum Gasteiger partial charge on any atom is 0.119 e. The number of hydrogen-bond acceptors (Lipinski definition) is 2. The first-order chi connectivity index (χ1) is 9.70. The summed E-state index contributed by atoms with van der Waals surface area (Å²) >= 11 is 12.1. The monoisotopic (exact) mass is 309 g/mol. The lowest BCUT2D eigenvalue weighted by molar-refractivity contribution is 0.317. The van der Waals surface area contributed by atoms with E-state index in [0.29, 0.717) is 16.6 Å². The molecule has 0 heterocycles. The largest absolute Gasteiger partial charge is 0.494 e. The standard InChI is InChI=1S/C16H17Cl2NO/c1-2-9-20-13-6-3-5-12(10-13)11-19-15-8-4-7-14(17)16(15)18/h3-8,10,19H,2,9,11H2,1H3. The molecule has 2 aromatic rings. The Labute approximate surface area is 129 Å². The summed E-state index contributed by atoms with van der Waals surface area (Å²) in [4.78, 5) is 0. The Kier molecular flexibility index (Phi) is 5.57. The molecule has 0 aliphatic heterocycles. The van der Waals surface area contributed by atoms with E-state index in [0.717, 1.165) is 30.0 Å². The minimum absolute atomic E-state index is 0.549.